The number of carbonyl (C=O) groups is 2. The molecule has 1 aliphatic rings. The number of hydrogen-bond acceptors (Lipinski definition) is 8. The van der Waals surface area contributed by atoms with E-state index in [9.17, 15) is 14.7 Å². The molecule has 0 saturated heterocycles. The minimum absolute atomic E-state index is 0.0604. The number of para-hydroxylation sites is 1. The molecule has 3 atom stereocenters. The highest BCUT2D eigenvalue weighted by Gasteiger charge is 2.34. The lowest BCUT2D eigenvalue weighted by atomic mass is 9.99. The summed E-state index contributed by atoms with van der Waals surface area (Å²) in [5.74, 6) is -0.481. The van der Waals surface area contributed by atoms with Gasteiger partial charge in [0.1, 0.15) is 11.8 Å². The predicted molar refractivity (Wildman–Crippen MR) is 138 cm³/mol. The zero-order valence-electron chi connectivity index (χ0n) is 21.2. The van der Waals surface area contributed by atoms with E-state index < -0.39 is 5.91 Å². The minimum atomic E-state index is -0.459. The first kappa shape index (κ1) is 26.2. The van der Waals surface area contributed by atoms with E-state index in [0.29, 0.717) is 36.6 Å². The van der Waals surface area contributed by atoms with E-state index in [1.165, 1.54) is 18.6 Å². The Kier molecular flexibility index (Phi) is 8.42. The predicted octanol–water partition coefficient (Wildman–Crippen LogP) is 2.48. The number of aromatic nitrogens is 3. The average Bonchev–Trinajstić information content (AvgIpc) is 2.91. The minimum Gasteiger partial charge on any atom is -0.486 e. The molecular weight excluding hydrogens is 472 g/mol. The molecule has 10 heteroatoms. The standard InChI is InChI=1S/C27H32N6O4/c1-18-14-33(19(2)17-34)27(36)21-5-4-6-22(31-26(35)23-13-29-11-12-30-23)25(21)37-24(18)16-32(3)15-20-7-9-28-10-8-20/h4-13,18-19,24,34H,14-17H2,1-3H3,(H,31,35)/t18-,19+,24+/m0/s1. The van der Waals surface area contributed by atoms with Crippen molar-refractivity contribution >= 4 is 17.5 Å². The number of carbonyl (C=O) groups excluding carboxylic acids is 2. The van der Waals surface area contributed by atoms with E-state index in [4.69, 9.17) is 4.74 Å². The lowest BCUT2D eigenvalue weighted by Gasteiger charge is -2.38. The number of anilines is 1. The lowest BCUT2D eigenvalue weighted by molar-refractivity contribution is 0.0343. The number of ether oxygens (including phenoxy) is 1. The molecule has 3 aromatic rings. The summed E-state index contributed by atoms with van der Waals surface area (Å²) in [7, 11) is 2.01. The highest BCUT2D eigenvalue weighted by Crippen LogP contribution is 2.35. The van der Waals surface area contributed by atoms with Crippen LogP contribution in [-0.2, 0) is 6.54 Å². The summed E-state index contributed by atoms with van der Waals surface area (Å²) in [6.45, 7) is 5.38. The van der Waals surface area contributed by atoms with Crippen LogP contribution in [0.1, 0.15) is 40.3 Å². The second kappa shape index (κ2) is 11.9. The van der Waals surface area contributed by atoms with E-state index in [0.717, 1.165) is 5.56 Å². The van der Waals surface area contributed by atoms with Crippen LogP contribution >= 0.6 is 0 Å². The molecule has 37 heavy (non-hydrogen) atoms. The lowest BCUT2D eigenvalue weighted by Crippen LogP contribution is -2.49. The van der Waals surface area contributed by atoms with E-state index >= 15 is 0 Å². The number of fused-ring (bicyclic) bond motifs is 1. The number of aliphatic hydroxyl groups is 1. The molecule has 0 saturated carbocycles. The van der Waals surface area contributed by atoms with Gasteiger partial charge in [-0.05, 0) is 43.8 Å². The number of amides is 2. The molecule has 0 fully saturated rings. The summed E-state index contributed by atoms with van der Waals surface area (Å²) in [6, 6.07) is 8.64. The van der Waals surface area contributed by atoms with Gasteiger partial charge in [0.05, 0.1) is 30.1 Å². The number of likely N-dealkylation sites (N-methyl/N-ethyl adjacent to an activating group) is 1. The molecular formula is C27H32N6O4. The van der Waals surface area contributed by atoms with Crippen molar-refractivity contribution in [3.05, 3.63) is 78.1 Å². The summed E-state index contributed by atoms with van der Waals surface area (Å²) in [4.78, 5) is 42.4. The Labute approximate surface area is 216 Å². The molecule has 194 valence electrons. The number of nitrogens with one attached hydrogen (secondary N) is 1. The van der Waals surface area contributed by atoms with Crippen LogP contribution in [0.15, 0.2) is 61.3 Å². The van der Waals surface area contributed by atoms with Crippen LogP contribution in [0.3, 0.4) is 0 Å². The highest BCUT2D eigenvalue weighted by molar-refractivity contribution is 6.06. The van der Waals surface area contributed by atoms with Crippen molar-refractivity contribution in [2.45, 2.75) is 32.5 Å². The van der Waals surface area contributed by atoms with Gasteiger partial charge in [-0.15, -0.1) is 0 Å². The molecule has 2 aromatic heterocycles. The Bertz CT molecular complexity index is 1210. The first-order valence-corrected chi connectivity index (χ1v) is 12.2. The molecule has 2 N–H and O–H groups in total. The third kappa shape index (κ3) is 6.28. The van der Waals surface area contributed by atoms with Gasteiger partial charge >= 0.3 is 0 Å². The number of hydrogen-bond donors (Lipinski definition) is 2. The molecule has 0 unspecified atom stereocenters. The Morgan fingerprint density at radius 1 is 1.22 bits per heavy atom. The van der Waals surface area contributed by atoms with Gasteiger partial charge in [0, 0.05) is 50.3 Å². The Morgan fingerprint density at radius 2 is 2.00 bits per heavy atom. The molecule has 2 amide bonds. The fraction of sp³-hybridized carbons (Fsp3) is 0.370. The number of pyridine rings is 1. The van der Waals surface area contributed by atoms with Crippen LogP contribution in [-0.4, -0.2) is 80.6 Å². The molecule has 0 spiro atoms. The molecule has 1 aliphatic heterocycles. The fourth-order valence-electron chi connectivity index (χ4n) is 4.33. The topological polar surface area (TPSA) is 121 Å². The van der Waals surface area contributed by atoms with Gasteiger partial charge in [0.25, 0.3) is 11.8 Å². The maximum absolute atomic E-state index is 13.6. The zero-order valence-corrected chi connectivity index (χ0v) is 21.2. The number of benzene rings is 1. The summed E-state index contributed by atoms with van der Waals surface area (Å²) in [6.07, 6.45) is 7.52. The Hall–Kier alpha value is -3.89. The summed E-state index contributed by atoms with van der Waals surface area (Å²) < 4.78 is 6.54. The smallest absolute Gasteiger partial charge is 0.275 e. The average molecular weight is 505 g/mol. The van der Waals surface area contributed by atoms with Gasteiger partial charge in [-0.3, -0.25) is 24.5 Å². The molecule has 0 aliphatic carbocycles. The van der Waals surface area contributed by atoms with Crippen molar-refractivity contribution in [3.63, 3.8) is 0 Å². The van der Waals surface area contributed by atoms with E-state index in [-0.39, 0.29) is 36.3 Å². The van der Waals surface area contributed by atoms with Crippen LogP contribution in [0.2, 0.25) is 0 Å². The third-order valence-electron chi connectivity index (χ3n) is 6.43. The van der Waals surface area contributed by atoms with Gasteiger partial charge in [0.2, 0.25) is 0 Å². The quantitative estimate of drug-likeness (QED) is 0.480. The maximum atomic E-state index is 13.6. The third-order valence-corrected chi connectivity index (χ3v) is 6.43. The first-order chi connectivity index (χ1) is 17.9. The van der Waals surface area contributed by atoms with Gasteiger partial charge in [0.15, 0.2) is 5.75 Å². The monoisotopic (exact) mass is 504 g/mol. The van der Waals surface area contributed by atoms with Crippen molar-refractivity contribution in [1.82, 2.24) is 24.8 Å². The Morgan fingerprint density at radius 3 is 2.70 bits per heavy atom. The molecule has 3 heterocycles. The zero-order chi connectivity index (χ0) is 26.4. The molecule has 10 nitrogen and oxygen atoms in total. The largest absolute Gasteiger partial charge is 0.486 e. The van der Waals surface area contributed by atoms with Gasteiger partial charge in [-0.25, -0.2) is 4.98 Å². The van der Waals surface area contributed by atoms with Crippen LogP contribution in [0.4, 0.5) is 5.69 Å². The normalized spacial score (nSPS) is 18.4. The highest BCUT2D eigenvalue weighted by atomic mass is 16.5. The fourth-order valence-corrected chi connectivity index (χ4v) is 4.33. The number of nitrogens with zero attached hydrogens (tertiary/aromatic N) is 5. The van der Waals surface area contributed by atoms with Crippen molar-refractivity contribution in [3.8, 4) is 5.75 Å². The van der Waals surface area contributed by atoms with Crippen molar-refractivity contribution in [2.24, 2.45) is 5.92 Å². The van der Waals surface area contributed by atoms with E-state index in [2.05, 4.69) is 25.2 Å². The van der Waals surface area contributed by atoms with Crippen molar-refractivity contribution in [2.75, 3.05) is 32.1 Å². The molecule has 0 radical (unpaired) electrons. The summed E-state index contributed by atoms with van der Waals surface area (Å²) in [5.41, 5.74) is 1.97. The number of rotatable bonds is 8. The maximum Gasteiger partial charge on any atom is 0.275 e. The SMILES string of the molecule is C[C@H](CO)N1C[C@H](C)[C@@H](CN(C)Cc2ccncc2)Oc2c(NC(=O)c3cnccn3)cccc2C1=O. The second-order valence-electron chi connectivity index (χ2n) is 9.40. The van der Waals surface area contributed by atoms with Crippen LogP contribution < -0.4 is 10.1 Å². The van der Waals surface area contributed by atoms with Crippen molar-refractivity contribution in [1.29, 1.82) is 0 Å². The molecule has 1 aromatic carbocycles. The first-order valence-electron chi connectivity index (χ1n) is 12.2. The van der Waals surface area contributed by atoms with Gasteiger partial charge in [-0.1, -0.05) is 13.0 Å². The van der Waals surface area contributed by atoms with E-state index in [1.807, 2.05) is 33.0 Å². The van der Waals surface area contributed by atoms with Gasteiger partial charge < -0.3 is 20.1 Å². The van der Waals surface area contributed by atoms with Crippen LogP contribution in [0.5, 0.6) is 5.75 Å². The van der Waals surface area contributed by atoms with Crippen molar-refractivity contribution < 1.29 is 19.4 Å². The van der Waals surface area contributed by atoms with E-state index in [1.54, 1.807) is 35.5 Å². The second-order valence-corrected chi connectivity index (χ2v) is 9.40. The number of aliphatic hydroxyl groups excluding tert-OH is 1. The van der Waals surface area contributed by atoms with Crippen LogP contribution in [0.25, 0.3) is 0 Å². The summed E-state index contributed by atoms with van der Waals surface area (Å²) >= 11 is 0. The Balaban J connectivity index is 1.67. The van der Waals surface area contributed by atoms with Crippen LogP contribution in [0, 0.1) is 5.92 Å². The van der Waals surface area contributed by atoms with Gasteiger partial charge in [-0.2, -0.15) is 0 Å². The summed E-state index contributed by atoms with van der Waals surface area (Å²) in [5, 5.41) is 12.7. The molecule has 0 bridgehead atoms. The molecule has 4 rings (SSSR count).